The second-order valence-corrected chi connectivity index (χ2v) is 8.12. The average molecular weight is 447 g/mol. The molecule has 0 spiro atoms. The number of piperidine rings is 1. The number of benzene rings is 1. The first-order chi connectivity index (χ1) is 16.1. The Morgan fingerprint density at radius 1 is 1.18 bits per heavy atom. The number of anilines is 2. The molecule has 1 atom stereocenters. The van der Waals surface area contributed by atoms with Gasteiger partial charge in [-0.15, -0.1) is 0 Å². The molecule has 1 fully saturated rings. The first kappa shape index (κ1) is 22.7. The number of hydrogen-bond acceptors (Lipinski definition) is 7. The van der Waals surface area contributed by atoms with Gasteiger partial charge in [-0.1, -0.05) is 24.6 Å². The molecule has 0 aliphatic carbocycles. The number of likely N-dealkylation sites (tertiary alicyclic amines) is 1. The number of pyridine rings is 1. The highest BCUT2D eigenvalue weighted by molar-refractivity contribution is 6.05. The molecule has 3 heterocycles. The van der Waals surface area contributed by atoms with Gasteiger partial charge in [-0.05, 0) is 44.5 Å². The lowest BCUT2D eigenvalue weighted by atomic mass is 10.00. The Labute approximate surface area is 194 Å². The van der Waals surface area contributed by atoms with Crippen LogP contribution in [-0.4, -0.2) is 46.5 Å². The zero-order valence-electron chi connectivity index (χ0n) is 19.3. The quantitative estimate of drug-likeness (QED) is 0.562. The van der Waals surface area contributed by atoms with Gasteiger partial charge in [0, 0.05) is 31.5 Å². The molecule has 33 heavy (non-hydrogen) atoms. The molecular formula is C25H30N6O2. The van der Waals surface area contributed by atoms with Crippen LogP contribution in [0.4, 0.5) is 11.5 Å². The predicted octanol–water partition coefficient (Wildman–Crippen LogP) is 4.21. The van der Waals surface area contributed by atoms with Crippen molar-refractivity contribution >= 4 is 17.4 Å². The number of ether oxygens (including phenoxy) is 1. The van der Waals surface area contributed by atoms with Crippen molar-refractivity contribution in [3.05, 3.63) is 71.4 Å². The van der Waals surface area contributed by atoms with Crippen LogP contribution >= 0.6 is 0 Å². The van der Waals surface area contributed by atoms with Gasteiger partial charge in [0.2, 0.25) is 0 Å². The van der Waals surface area contributed by atoms with Crippen LogP contribution in [0.15, 0.2) is 48.8 Å². The molecule has 1 aromatic carbocycles. The first-order valence-electron chi connectivity index (χ1n) is 11.2. The number of aryl methyl sites for hydroxylation is 1. The molecule has 8 nitrogen and oxygen atoms in total. The van der Waals surface area contributed by atoms with E-state index in [1.807, 2.05) is 38.2 Å². The standard InChI is InChI=1S/C25H30N6O2/c1-17-19(25(32)30-20-10-4-5-12-22(20)33-3)15-28-24(29-17)21-11-6-7-14-31(21)16-18-9-8-13-27-23(18)26-2/h4-5,8-10,12-13,15,21H,6-7,11,14,16H2,1-3H3,(H,26,27)(H,30,32)/t21-/m1/s1. The van der Waals surface area contributed by atoms with Gasteiger partial charge in [-0.3, -0.25) is 9.69 Å². The maximum Gasteiger partial charge on any atom is 0.259 e. The number of para-hydroxylation sites is 2. The normalized spacial score (nSPS) is 16.3. The lowest BCUT2D eigenvalue weighted by Gasteiger charge is -2.35. The third kappa shape index (κ3) is 5.12. The highest BCUT2D eigenvalue weighted by atomic mass is 16.5. The highest BCUT2D eigenvalue weighted by Gasteiger charge is 2.28. The van der Waals surface area contributed by atoms with Gasteiger partial charge in [0.25, 0.3) is 5.91 Å². The van der Waals surface area contributed by atoms with E-state index in [0.29, 0.717) is 22.7 Å². The van der Waals surface area contributed by atoms with Crippen LogP contribution in [0.2, 0.25) is 0 Å². The first-order valence-corrected chi connectivity index (χ1v) is 11.2. The van der Waals surface area contributed by atoms with Gasteiger partial charge in [0.1, 0.15) is 17.4 Å². The fourth-order valence-corrected chi connectivity index (χ4v) is 4.29. The molecule has 0 saturated carbocycles. The largest absolute Gasteiger partial charge is 0.495 e. The van der Waals surface area contributed by atoms with Crippen molar-refractivity contribution in [2.24, 2.45) is 0 Å². The molecule has 3 aromatic rings. The van der Waals surface area contributed by atoms with Gasteiger partial charge in [0.15, 0.2) is 0 Å². The van der Waals surface area contributed by atoms with Crippen LogP contribution in [0.5, 0.6) is 5.75 Å². The number of amides is 1. The maximum atomic E-state index is 12.9. The number of aromatic nitrogens is 3. The number of carbonyl (C=O) groups is 1. The Bertz CT molecular complexity index is 1120. The molecular weight excluding hydrogens is 416 g/mol. The summed E-state index contributed by atoms with van der Waals surface area (Å²) in [5, 5.41) is 6.08. The molecule has 172 valence electrons. The SMILES string of the molecule is CNc1ncccc1CN1CCCC[C@@H]1c1ncc(C(=O)Nc2ccccc2OC)c(C)n1. The maximum absolute atomic E-state index is 12.9. The van der Waals surface area contributed by atoms with E-state index in [2.05, 4.69) is 31.6 Å². The van der Waals surface area contributed by atoms with E-state index < -0.39 is 0 Å². The summed E-state index contributed by atoms with van der Waals surface area (Å²) in [4.78, 5) is 29.1. The zero-order chi connectivity index (χ0) is 23.2. The van der Waals surface area contributed by atoms with Crippen molar-refractivity contribution in [3.63, 3.8) is 0 Å². The van der Waals surface area contributed by atoms with Crippen molar-refractivity contribution in [1.29, 1.82) is 0 Å². The summed E-state index contributed by atoms with van der Waals surface area (Å²) in [6.45, 7) is 3.60. The van der Waals surface area contributed by atoms with Crippen molar-refractivity contribution in [1.82, 2.24) is 19.9 Å². The number of rotatable bonds is 7. The van der Waals surface area contributed by atoms with Crippen LogP contribution in [0.3, 0.4) is 0 Å². The van der Waals surface area contributed by atoms with Gasteiger partial charge < -0.3 is 15.4 Å². The molecule has 1 aliphatic rings. The van der Waals surface area contributed by atoms with Gasteiger partial charge in [-0.25, -0.2) is 15.0 Å². The Morgan fingerprint density at radius 2 is 2.03 bits per heavy atom. The van der Waals surface area contributed by atoms with E-state index in [0.717, 1.165) is 49.6 Å². The molecule has 1 aliphatic heterocycles. The van der Waals surface area contributed by atoms with Crippen molar-refractivity contribution in [2.45, 2.75) is 38.8 Å². The summed E-state index contributed by atoms with van der Waals surface area (Å²) in [6, 6.07) is 11.5. The summed E-state index contributed by atoms with van der Waals surface area (Å²) in [5.41, 5.74) is 2.88. The topological polar surface area (TPSA) is 92.3 Å². The second kappa shape index (κ2) is 10.4. The molecule has 0 unspecified atom stereocenters. The molecule has 4 rings (SSSR count). The lowest BCUT2D eigenvalue weighted by molar-refractivity contribution is 0.102. The zero-order valence-corrected chi connectivity index (χ0v) is 19.3. The fourth-order valence-electron chi connectivity index (χ4n) is 4.29. The van der Waals surface area contributed by atoms with Crippen LogP contribution in [-0.2, 0) is 6.54 Å². The second-order valence-electron chi connectivity index (χ2n) is 8.12. The molecule has 2 aromatic heterocycles. The molecule has 1 saturated heterocycles. The average Bonchev–Trinajstić information content (AvgIpc) is 2.85. The van der Waals surface area contributed by atoms with E-state index in [4.69, 9.17) is 9.72 Å². The summed E-state index contributed by atoms with van der Waals surface area (Å²) >= 11 is 0. The van der Waals surface area contributed by atoms with E-state index in [9.17, 15) is 4.79 Å². The Balaban J connectivity index is 1.53. The summed E-state index contributed by atoms with van der Waals surface area (Å²) < 4.78 is 5.33. The van der Waals surface area contributed by atoms with Crippen LogP contribution < -0.4 is 15.4 Å². The summed E-state index contributed by atoms with van der Waals surface area (Å²) in [7, 11) is 3.47. The fraction of sp³-hybridized carbons (Fsp3) is 0.360. The third-order valence-corrected chi connectivity index (χ3v) is 6.01. The number of carbonyl (C=O) groups excluding carboxylic acids is 1. The minimum atomic E-state index is -0.252. The monoisotopic (exact) mass is 446 g/mol. The lowest BCUT2D eigenvalue weighted by Crippen LogP contribution is -2.34. The number of nitrogens with one attached hydrogen (secondary N) is 2. The number of hydrogen-bond donors (Lipinski definition) is 2. The van der Waals surface area contributed by atoms with Gasteiger partial charge in [0.05, 0.1) is 30.1 Å². The summed E-state index contributed by atoms with van der Waals surface area (Å²) in [6.07, 6.45) is 6.69. The Hall–Kier alpha value is -3.52. The van der Waals surface area contributed by atoms with E-state index in [1.54, 1.807) is 25.6 Å². The number of nitrogens with zero attached hydrogens (tertiary/aromatic N) is 4. The van der Waals surface area contributed by atoms with E-state index >= 15 is 0 Å². The smallest absolute Gasteiger partial charge is 0.259 e. The van der Waals surface area contributed by atoms with Gasteiger partial charge in [-0.2, -0.15) is 0 Å². The Morgan fingerprint density at radius 3 is 2.82 bits per heavy atom. The molecule has 1 amide bonds. The third-order valence-electron chi connectivity index (χ3n) is 6.01. The van der Waals surface area contributed by atoms with Crippen LogP contribution in [0.25, 0.3) is 0 Å². The molecule has 2 N–H and O–H groups in total. The summed E-state index contributed by atoms with van der Waals surface area (Å²) in [5.74, 6) is 2.01. The van der Waals surface area contributed by atoms with Gasteiger partial charge >= 0.3 is 0 Å². The minimum absolute atomic E-state index is 0.105. The molecule has 8 heteroatoms. The Kier molecular flexibility index (Phi) is 7.14. The van der Waals surface area contributed by atoms with E-state index in [-0.39, 0.29) is 11.9 Å². The van der Waals surface area contributed by atoms with E-state index in [1.165, 1.54) is 0 Å². The minimum Gasteiger partial charge on any atom is -0.495 e. The van der Waals surface area contributed by atoms with Crippen molar-refractivity contribution in [2.75, 3.05) is 31.3 Å². The molecule has 0 bridgehead atoms. The highest BCUT2D eigenvalue weighted by Crippen LogP contribution is 2.31. The molecule has 0 radical (unpaired) electrons. The van der Waals surface area contributed by atoms with Crippen molar-refractivity contribution in [3.8, 4) is 5.75 Å². The number of methoxy groups -OCH3 is 1. The van der Waals surface area contributed by atoms with Crippen LogP contribution in [0.1, 0.15) is 52.7 Å². The van der Waals surface area contributed by atoms with Crippen molar-refractivity contribution < 1.29 is 9.53 Å². The predicted molar refractivity (Wildman–Crippen MR) is 129 cm³/mol. The van der Waals surface area contributed by atoms with Crippen LogP contribution in [0, 0.1) is 6.92 Å².